The van der Waals surface area contributed by atoms with Gasteiger partial charge in [-0.25, -0.2) is 9.78 Å². The zero-order valence-electron chi connectivity index (χ0n) is 9.67. The fraction of sp³-hybridized carbons (Fsp3) is 0.417. The zero-order chi connectivity index (χ0) is 13.1. The van der Waals surface area contributed by atoms with Gasteiger partial charge < -0.3 is 10.0 Å². The van der Waals surface area contributed by atoms with E-state index < -0.39 is 12.0 Å². The molecule has 96 valence electrons. The third kappa shape index (κ3) is 2.53. The Bertz CT molecular complexity index is 478. The SMILES string of the molecule is O=C(O)[C@@H]1CCCCN1C(=O)c1cccnc1Br. The van der Waals surface area contributed by atoms with Crippen molar-refractivity contribution in [3.63, 3.8) is 0 Å². The molecule has 5 nitrogen and oxygen atoms in total. The van der Waals surface area contributed by atoms with Gasteiger partial charge in [0, 0.05) is 12.7 Å². The van der Waals surface area contributed by atoms with Crippen molar-refractivity contribution in [1.82, 2.24) is 9.88 Å². The molecule has 1 atom stereocenters. The maximum absolute atomic E-state index is 12.3. The predicted molar refractivity (Wildman–Crippen MR) is 68.2 cm³/mol. The second-order valence-corrected chi connectivity index (χ2v) is 4.94. The van der Waals surface area contributed by atoms with Gasteiger partial charge in [0.1, 0.15) is 10.6 Å². The van der Waals surface area contributed by atoms with Crippen LogP contribution in [0.3, 0.4) is 0 Å². The fourth-order valence-electron chi connectivity index (χ4n) is 2.13. The molecule has 0 saturated carbocycles. The van der Waals surface area contributed by atoms with Crippen LogP contribution in [0.4, 0.5) is 0 Å². The average Bonchev–Trinajstić information content (AvgIpc) is 2.38. The molecule has 0 aromatic carbocycles. The van der Waals surface area contributed by atoms with E-state index in [4.69, 9.17) is 5.11 Å². The maximum Gasteiger partial charge on any atom is 0.326 e. The summed E-state index contributed by atoms with van der Waals surface area (Å²) in [5.41, 5.74) is 0.408. The van der Waals surface area contributed by atoms with E-state index in [1.54, 1.807) is 18.3 Å². The molecule has 0 unspecified atom stereocenters. The Morgan fingerprint density at radius 2 is 2.22 bits per heavy atom. The van der Waals surface area contributed by atoms with E-state index in [0.717, 1.165) is 12.8 Å². The largest absolute Gasteiger partial charge is 0.480 e. The van der Waals surface area contributed by atoms with Gasteiger partial charge in [-0.05, 0) is 47.3 Å². The van der Waals surface area contributed by atoms with Crippen LogP contribution in [-0.4, -0.2) is 39.5 Å². The number of aliphatic carboxylic acids is 1. The van der Waals surface area contributed by atoms with Gasteiger partial charge in [0.2, 0.25) is 0 Å². The molecule has 1 saturated heterocycles. The van der Waals surface area contributed by atoms with E-state index in [1.807, 2.05) is 0 Å². The first-order valence-electron chi connectivity index (χ1n) is 5.75. The molecule has 0 bridgehead atoms. The molecule has 18 heavy (non-hydrogen) atoms. The van der Waals surface area contributed by atoms with Crippen molar-refractivity contribution in [2.24, 2.45) is 0 Å². The lowest BCUT2D eigenvalue weighted by Crippen LogP contribution is -2.48. The topological polar surface area (TPSA) is 70.5 Å². The molecule has 1 aromatic heterocycles. The van der Waals surface area contributed by atoms with Gasteiger partial charge in [0.15, 0.2) is 0 Å². The fourth-order valence-corrected chi connectivity index (χ4v) is 2.55. The Hall–Kier alpha value is -1.43. The van der Waals surface area contributed by atoms with Gasteiger partial charge >= 0.3 is 5.97 Å². The molecule has 0 spiro atoms. The van der Waals surface area contributed by atoms with Gasteiger partial charge in [-0.3, -0.25) is 4.79 Å². The number of hydrogen-bond acceptors (Lipinski definition) is 3. The molecule has 0 aliphatic carbocycles. The summed E-state index contributed by atoms with van der Waals surface area (Å²) in [6.07, 6.45) is 3.77. The summed E-state index contributed by atoms with van der Waals surface area (Å²) >= 11 is 3.21. The number of rotatable bonds is 2. The van der Waals surface area contributed by atoms with E-state index in [1.165, 1.54) is 4.90 Å². The molecule has 1 N–H and O–H groups in total. The minimum absolute atomic E-state index is 0.276. The van der Waals surface area contributed by atoms with Gasteiger partial charge in [-0.2, -0.15) is 0 Å². The van der Waals surface area contributed by atoms with Gasteiger partial charge in [0.05, 0.1) is 5.56 Å². The van der Waals surface area contributed by atoms with Crippen LogP contribution in [0.5, 0.6) is 0 Å². The Morgan fingerprint density at radius 3 is 2.89 bits per heavy atom. The van der Waals surface area contributed by atoms with Crippen LogP contribution in [0.15, 0.2) is 22.9 Å². The highest BCUT2D eigenvalue weighted by molar-refractivity contribution is 9.10. The van der Waals surface area contributed by atoms with E-state index >= 15 is 0 Å². The third-order valence-electron chi connectivity index (χ3n) is 3.04. The lowest BCUT2D eigenvalue weighted by Gasteiger charge is -2.33. The number of halogens is 1. The summed E-state index contributed by atoms with van der Waals surface area (Å²) < 4.78 is 0.449. The van der Waals surface area contributed by atoms with Crippen molar-refractivity contribution in [3.05, 3.63) is 28.5 Å². The minimum atomic E-state index is -0.942. The Morgan fingerprint density at radius 1 is 1.44 bits per heavy atom. The second-order valence-electron chi connectivity index (χ2n) is 4.19. The standard InChI is InChI=1S/C12H13BrN2O3/c13-10-8(4-3-6-14-10)11(16)15-7-2-1-5-9(15)12(17)18/h3-4,6,9H,1-2,5,7H2,(H,17,18)/t9-/m0/s1. The van der Waals surface area contributed by atoms with Crippen LogP contribution in [0.1, 0.15) is 29.6 Å². The van der Waals surface area contributed by atoms with Gasteiger partial charge in [0.25, 0.3) is 5.91 Å². The number of carbonyl (C=O) groups is 2. The molecule has 2 rings (SSSR count). The monoisotopic (exact) mass is 312 g/mol. The number of carboxylic acid groups (broad SMARTS) is 1. The molecule has 0 radical (unpaired) electrons. The average molecular weight is 313 g/mol. The molecular weight excluding hydrogens is 300 g/mol. The van der Waals surface area contributed by atoms with E-state index in [-0.39, 0.29) is 5.91 Å². The smallest absolute Gasteiger partial charge is 0.326 e. The molecule has 2 heterocycles. The van der Waals surface area contributed by atoms with Crippen LogP contribution in [0.2, 0.25) is 0 Å². The number of hydrogen-bond donors (Lipinski definition) is 1. The highest BCUT2D eigenvalue weighted by Crippen LogP contribution is 2.22. The summed E-state index contributed by atoms with van der Waals surface area (Å²) in [7, 11) is 0. The summed E-state index contributed by atoms with van der Waals surface area (Å²) in [6.45, 7) is 0.483. The molecule has 1 amide bonds. The number of carboxylic acids is 1. The zero-order valence-corrected chi connectivity index (χ0v) is 11.3. The number of carbonyl (C=O) groups excluding carboxylic acids is 1. The lowest BCUT2D eigenvalue weighted by molar-refractivity contribution is -0.143. The Kier molecular flexibility index (Phi) is 3.96. The first-order valence-corrected chi connectivity index (χ1v) is 6.55. The maximum atomic E-state index is 12.3. The van der Waals surface area contributed by atoms with Gasteiger partial charge in [-0.1, -0.05) is 0 Å². The van der Waals surface area contributed by atoms with Crippen molar-refractivity contribution < 1.29 is 14.7 Å². The van der Waals surface area contributed by atoms with E-state index in [9.17, 15) is 9.59 Å². The number of pyridine rings is 1. The first-order chi connectivity index (χ1) is 8.61. The van der Waals surface area contributed by atoms with Crippen LogP contribution >= 0.6 is 15.9 Å². The molecule has 6 heteroatoms. The number of nitrogens with zero attached hydrogens (tertiary/aromatic N) is 2. The predicted octanol–water partition coefficient (Wildman–Crippen LogP) is 1.92. The summed E-state index contributed by atoms with van der Waals surface area (Å²) in [6, 6.07) is 2.59. The first kappa shape index (κ1) is 13.0. The quantitative estimate of drug-likeness (QED) is 0.847. The summed E-state index contributed by atoms with van der Waals surface area (Å²) in [5.74, 6) is -1.22. The normalized spacial score (nSPS) is 19.6. The second kappa shape index (κ2) is 5.48. The molecule has 1 fully saturated rings. The van der Waals surface area contributed by atoms with Crippen molar-refractivity contribution in [2.75, 3.05) is 6.54 Å². The van der Waals surface area contributed by atoms with Gasteiger partial charge in [-0.15, -0.1) is 0 Å². The van der Waals surface area contributed by atoms with E-state index in [2.05, 4.69) is 20.9 Å². The van der Waals surface area contributed by atoms with Crippen LogP contribution in [0.25, 0.3) is 0 Å². The number of piperidine rings is 1. The Balaban J connectivity index is 2.27. The highest BCUT2D eigenvalue weighted by atomic mass is 79.9. The molecule has 1 aromatic rings. The molecular formula is C12H13BrN2O3. The highest BCUT2D eigenvalue weighted by Gasteiger charge is 2.33. The molecule has 1 aliphatic heterocycles. The van der Waals surface area contributed by atoms with Crippen molar-refractivity contribution in [2.45, 2.75) is 25.3 Å². The molecule has 1 aliphatic rings. The van der Waals surface area contributed by atoms with E-state index in [0.29, 0.717) is 23.1 Å². The Labute approximate surface area is 113 Å². The lowest BCUT2D eigenvalue weighted by atomic mass is 10.0. The van der Waals surface area contributed by atoms with Crippen molar-refractivity contribution in [3.8, 4) is 0 Å². The van der Waals surface area contributed by atoms with Crippen LogP contribution in [-0.2, 0) is 4.79 Å². The number of likely N-dealkylation sites (tertiary alicyclic amines) is 1. The van der Waals surface area contributed by atoms with Crippen LogP contribution in [0, 0.1) is 0 Å². The van der Waals surface area contributed by atoms with Crippen LogP contribution < -0.4 is 0 Å². The number of aromatic nitrogens is 1. The third-order valence-corrected chi connectivity index (χ3v) is 3.67. The minimum Gasteiger partial charge on any atom is -0.480 e. The van der Waals surface area contributed by atoms with Crippen molar-refractivity contribution >= 4 is 27.8 Å². The number of amides is 1. The van der Waals surface area contributed by atoms with Crippen molar-refractivity contribution in [1.29, 1.82) is 0 Å². The summed E-state index contributed by atoms with van der Waals surface area (Å²) in [4.78, 5) is 28.9. The summed E-state index contributed by atoms with van der Waals surface area (Å²) in [5, 5.41) is 9.15.